The van der Waals surface area contributed by atoms with Gasteiger partial charge in [0.2, 0.25) is 0 Å². The van der Waals surface area contributed by atoms with Crippen LogP contribution in [0.4, 0.5) is 0 Å². The van der Waals surface area contributed by atoms with Gasteiger partial charge in [-0.2, -0.15) is 0 Å². The molecule has 1 N–H and O–H groups in total. The standard InChI is InChI=1S/C14H16ClN3/c1-11(8-12-2-4-13(15)5-3-12)18-10-14-9-16-6-7-17-14/h2-7,9,11,18H,8,10H2,1H3. The van der Waals surface area contributed by atoms with Crippen LogP contribution in [0.15, 0.2) is 42.9 Å². The summed E-state index contributed by atoms with van der Waals surface area (Å²) in [5.41, 5.74) is 2.24. The third kappa shape index (κ3) is 4.09. The number of nitrogens with zero attached hydrogens (tertiary/aromatic N) is 2. The molecule has 1 heterocycles. The smallest absolute Gasteiger partial charge is 0.0724 e. The van der Waals surface area contributed by atoms with Crippen LogP contribution < -0.4 is 5.32 Å². The Labute approximate surface area is 112 Å². The van der Waals surface area contributed by atoms with Crippen molar-refractivity contribution >= 4 is 11.6 Å². The highest BCUT2D eigenvalue weighted by Gasteiger charge is 2.03. The summed E-state index contributed by atoms with van der Waals surface area (Å²) in [6.07, 6.45) is 6.14. The summed E-state index contributed by atoms with van der Waals surface area (Å²) in [5.74, 6) is 0. The molecule has 0 spiro atoms. The van der Waals surface area contributed by atoms with Crippen LogP contribution in [0.3, 0.4) is 0 Å². The topological polar surface area (TPSA) is 37.8 Å². The quantitative estimate of drug-likeness (QED) is 0.899. The molecule has 0 fully saturated rings. The summed E-state index contributed by atoms with van der Waals surface area (Å²) in [7, 11) is 0. The zero-order chi connectivity index (χ0) is 12.8. The summed E-state index contributed by atoms with van der Waals surface area (Å²) in [6.45, 7) is 2.90. The van der Waals surface area contributed by atoms with E-state index < -0.39 is 0 Å². The van der Waals surface area contributed by atoms with Crippen LogP contribution in [0.1, 0.15) is 18.2 Å². The molecule has 0 saturated carbocycles. The lowest BCUT2D eigenvalue weighted by atomic mass is 10.1. The highest BCUT2D eigenvalue weighted by molar-refractivity contribution is 6.30. The first kappa shape index (κ1) is 13.0. The van der Waals surface area contributed by atoms with E-state index in [1.165, 1.54) is 5.56 Å². The maximum absolute atomic E-state index is 5.86. The molecule has 1 aromatic carbocycles. The lowest BCUT2D eigenvalue weighted by molar-refractivity contribution is 0.539. The minimum atomic E-state index is 0.383. The average Bonchev–Trinajstić information content (AvgIpc) is 2.40. The predicted molar refractivity (Wildman–Crippen MR) is 73.5 cm³/mol. The summed E-state index contributed by atoms with van der Waals surface area (Å²) in [4.78, 5) is 8.27. The van der Waals surface area contributed by atoms with Gasteiger partial charge in [0, 0.05) is 36.2 Å². The van der Waals surface area contributed by atoms with Gasteiger partial charge in [-0.1, -0.05) is 23.7 Å². The Morgan fingerprint density at radius 3 is 2.67 bits per heavy atom. The van der Waals surface area contributed by atoms with Crippen molar-refractivity contribution in [3.05, 3.63) is 59.1 Å². The van der Waals surface area contributed by atoms with E-state index in [4.69, 9.17) is 11.6 Å². The molecule has 0 aliphatic heterocycles. The lowest BCUT2D eigenvalue weighted by Crippen LogP contribution is -2.27. The highest BCUT2D eigenvalue weighted by Crippen LogP contribution is 2.11. The second kappa shape index (κ2) is 6.47. The Kier molecular flexibility index (Phi) is 4.67. The van der Waals surface area contributed by atoms with Gasteiger partial charge in [0.25, 0.3) is 0 Å². The van der Waals surface area contributed by atoms with Gasteiger partial charge in [-0.3, -0.25) is 9.97 Å². The van der Waals surface area contributed by atoms with Gasteiger partial charge in [-0.15, -0.1) is 0 Å². The van der Waals surface area contributed by atoms with E-state index in [-0.39, 0.29) is 0 Å². The molecule has 3 nitrogen and oxygen atoms in total. The summed E-state index contributed by atoms with van der Waals surface area (Å²) >= 11 is 5.86. The molecule has 1 aromatic heterocycles. The molecule has 0 aliphatic rings. The second-order valence-corrected chi connectivity index (χ2v) is 4.75. The molecule has 0 bridgehead atoms. The van der Waals surface area contributed by atoms with Crippen LogP contribution in [-0.2, 0) is 13.0 Å². The molecule has 1 unspecified atom stereocenters. The van der Waals surface area contributed by atoms with Crippen molar-refractivity contribution in [1.29, 1.82) is 0 Å². The normalized spacial score (nSPS) is 12.3. The van der Waals surface area contributed by atoms with Gasteiger partial charge in [0.1, 0.15) is 0 Å². The molecule has 0 radical (unpaired) electrons. The molecule has 0 saturated heterocycles. The van der Waals surface area contributed by atoms with Crippen LogP contribution in [0, 0.1) is 0 Å². The maximum atomic E-state index is 5.86. The largest absolute Gasteiger partial charge is 0.308 e. The minimum absolute atomic E-state index is 0.383. The number of hydrogen-bond donors (Lipinski definition) is 1. The summed E-state index contributed by atoms with van der Waals surface area (Å²) in [5, 5.41) is 4.20. The van der Waals surface area contributed by atoms with Crippen molar-refractivity contribution < 1.29 is 0 Å². The molecule has 4 heteroatoms. The zero-order valence-corrected chi connectivity index (χ0v) is 11.1. The van der Waals surface area contributed by atoms with E-state index in [0.29, 0.717) is 6.04 Å². The molecule has 0 amide bonds. The van der Waals surface area contributed by atoms with Gasteiger partial charge >= 0.3 is 0 Å². The zero-order valence-electron chi connectivity index (χ0n) is 10.3. The van der Waals surface area contributed by atoms with Gasteiger partial charge < -0.3 is 5.32 Å². The summed E-state index contributed by atoms with van der Waals surface area (Å²) in [6, 6.07) is 8.35. The number of benzene rings is 1. The van der Waals surface area contributed by atoms with Gasteiger partial charge in [-0.25, -0.2) is 0 Å². The molecule has 94 valence electrons. The second-order valence-electron chi connectivity index (χ2n) is 4.31. The monoisotopic (exact) mass is 261 g/mol. The minimum Gasteiger partial charge on any atom is -0.308 e. The van der Waals surface area contributed by atoms with E-state index in [0.717, 1.165) is 23.7 Å². The molecule has 1 atom stereocenters. The Morgan fingerprint density at radius 1 is 1.22 bits per heavy atom. The SMILES string of the molecule is CC(Cc1ccc(Cl)cc1)NCc1cnccn1. The molecule has 2 rings (SSSR count). The van der Waals surface area contributed by atoms with Crippen molar-refractivity contribution in [2.45, 2.75) is 25.9 Å². The lowest BCUT2D eigenvalue weighted by Gasteiger charge is -2.13. The highest BCUT2D eigenvalue weighted by atomic mass is 35.5. The Bertz CT molecular complexity index is 470. The van der Waals surface area contributed by atoms with Crippen LogP contribution in [-0.4, -0.2) is 16.0 Å². The maximum Gasteiger partial charge on any atom is 0.0724 e. The van der Waals surface area contributed by atoms with Gasteiger partial charge in [0.05, 0.1) is 5.69 Å². The number of hydrogen-bond acceptors (Lipinski definition) is 3. The average molecular weight is 262 g/mol. The predicted octanol–water partition coefficient (Wildman–Crippen LogP) is 2.85. The van der Waals surface area contributed by atoms with Crippen LogP contribution in [0.5, 0.6) is 0 Å². The Morgan fingerprint density at radius 2 is 2.00 bits per heavy atom. The van der Waals surface area contributed by atoms with E-state index >= 15 is 0 Å². The van der Waals surface area contributed by atoms with Crippen molar-refractivity contribution in [3.8, 4) is 0 Å². The number of halogens is 1. The molecule has 18 heavy (non-hydrogen) atoms. The van der Waals surface area contributed by atoms with Crippen molar-refractivity contribution in [1.82, 2.24) is 15.3 Å². The third-order valence-electron chi connectivity index (χ3n) is 2.70. The third-order valence-corrected chi connectivity index (χ3v) is 2.96. The van der Waals surface area contributed by atoms with E-state index in [1.807, 2.05) is 12.1 Å². The van der Waals surface area contributed by atoms with Crippen molar-refractivity contribution in [2.75, 3.05) is 0 Å². The van der Waals surface area contributed by atoms with Gasteiger partial charge in [-0.05, 0) is 31.0 Å². The van der Waals surface area contributed by atoms with Gasteiger partial charge in [0.15, 0.2) is 0 Å². The first-order valence-corrected chi connectivity index (χ1v) is 6.34. The number of rotatable bonds is 5. The number of aromatic nitrogens is 2. The summed E-state index contributed by atoms with van der Waals surface area (Å²) < 4.78 is 0. The fourth-order valence-electron chi connectivity index (χ4n) is 1.75. The fourth-order valence-corrected chi connectivity index (χ4v) is 1.87. The van der Waals surface area contributed by atoms with Crippen molar-refractivity contribution in [3.63, 3.8) is 0 Å². The van der Waals surface area contributed by atoms with E-state index in [2.05, 4.69) is 34.3 Å². The van der Waals surface area contributed by atoms with E-state index in [1.54, 1.807) is 18.6 Å². The first-order valence-electron chi connectivity index (χ1n) is 5.97. The van der Waals surface area contributed by atoms with Crippen LogP contribution in [0.2, 0.25) is 5.02 Å². The molecular formula is C14H16ClN3. The molecule has 0 aliphatic carbocycles. The first-order chi connectivity index (χ1) is 8.74. The van der Waals surface area contributed by atoms with Crippen LogP contribution in [0.25, 0.3) is 0 Å². The Hall–Kier alpha value is -1.45. The fraction of sp³-hybridized carbons (Fsp3) is 0.286. The Balaban J connectivity index is 1.82. The molecular weight excluding hydrogens is 246 g/mol. The van der Waals surface area contributed by atoms with Crippen molar-refractivity contribution in [2.24, 2.45) is 0 Å². The van der Waals surface area contributed by atoms with E-state index in [9.17, 15) is 0 Å². The number of nitrogens with one attached hydrogen (secondary N) is 1. The molecule has 2 aromatic rings. The van der Waals surface area contributed by atoms with Crippen LogP contribution >= 0.6 is 11.6 Å².